The second-order valence-electron chi connectivity index (χ2n) is 6.88. The molecule has 0 unspecified atom stereocenters. The summed E-state index contributed by atoms with van der Waals surface area (Å²) >= 11 is 0. The van der Waals surface area contributed by atoms with Gasteiger partial charge < -0.3 is 14.8 Å². The van der Waals surface area contributed by atoms with Crippen LogP contribution in [0.15, 0.2) is 42.5 Å². The minimum Gasteiger partial charge on any atom is -0.462 e. The zero-order chi connectivity index (χ0) is 20.2. The maximum absolute atomic E-state index is 13.4. The minimum atomic E-state index is -0.391. The quantitative estimate of drug-likeness (QED) is 0.653. The molecule has 1 aromatic heterocycles. The summed E-state index contributed by atoms with van der Waals surface area (Å²) in [6.45, 7) is 3.46. The van der Waals surface area contributed by atoms with Crippen molar-refractivity contribution in [3.8, 4) is 11.3 Å². The number of nitrogens with zero attached hydrogens (tertiary/aromatic N) is 2. The summed E-state index contributed by atoms with van der Waals surface area (Å²) in [5.41, 5.74) is 3.09. The third kappa shape index (κ3) is 4.35. The van der Waals surface area contributed by atoms with E-state index in [4.69, 9.17) is 19.4 Å². The van der Waals surface area contributed by atoms with E-state index in [0.29, 0.717) is 47.9 Å². The van der Waals surface area contributed by atoms with Crippen molar-refractivity contribution in [3.05, 3.63) is 53.8 Å². The van der Waals surface area contributed by atoms with Crippen LogP contribution in [0.4, 0.5) is 10.2 Å². The van der Waals surface area contributed by atoms with Crippen molar-refractivity contribution in [3.63, 3.8) is 0 Å². The number of carbonyl (C=O) groups is 1. The number of esters is 1. The van der Waals surface area contributed by atoms with Gasteiger partial charge in [0.15, 0.2) is 5.82 Å². The number of fused-ring (bicyclic) bond motifs is 1. The summed E-state index contributed by atoms with van der Waals surface area (Å²) in [6, 6.07) is 11.5. The number of halogens is 1. The van der Waals surface area contributed by atoms with Gasteiger partial charge >= 0.3 is 5.97 Å². The molecule has 0 saturated carbocycles. The molecule has 0 aliphatic carbocycles. The van der Waals surface area contributed by atoms with Gasteiger partial charge in [-0.25, -0.2) is 19.2 Å². The summed E-state index contributed by atoms with van der Waals surface area (Å²) in [7, 11) is 0. The molecule has 6 nitrogen and oxygen atoms in total. The highest BCUT2D eigenvalue weighted by Gasteiger charge is 2.19. The highest BCUT2D eigenvalue weighted by Crippen LogP contribution is 2.29. The van der Waals surface area contributed by atoms with E-state index >= 15 is 0 Å². The molecule has 1 saturated heterocycles. The van der Waals surface area contributed by atoms with E-state index < -0.39 is 5.97 Å². The molecular weight excluding hydrogens is 373 g/mol. The number of hydrogen-bond donors (Lipinski definition) is 1. The van der Waals surface area contributed by atoms with Gasteiger partial charge in [0.2, 0.25) is 0 Å². The Balaban J connectivity index is 1.78. The van der Waals surface area contributed by atoms with E-state index in [0.717, 1.165) is 18.4 Å². The van der Waals surface area contributed by atoms with E-state index in [-0.39, 0.29) is 11.9 Å². The van der Waals surface area contributed by atoms with Crippen molar-refractivity contribution in [1.29, 1.82) is 0 Å². The second-order valence-corrected chi connectivity index (χ2v) is 6.88. The Morgan fingerprint density at radius 2 is 1.90 bits per heavy atom. The number of anilines is 1. The first kappa shape index (κ1) is 19.3. The molecule has 1 aliphatic rings. The summed E-state index contributed by atoms with van der Waals surface area (Å²) in [6.07, 6.45) is 1.73. The predicted octanol–water partition coefficient (Wildman–Crippen LogP) is 4.20. The van der Waals surface area contributed by atoms with Crippen molar-refractivity contribution in [2.24, 2.45) is 0 Å². The molecule has 0 amide bonds. The topological polar surface area (TPSA) is 73.3 Å². The molecule has 7 heteroatoms. The van der Waals surface area contributed by atoms with E-state index in [2.05, 4.69) is 5.32 Å². The van der Waals surface area contributed by atoms with Crippen molar-refractivity contribution >= 4 is 22.8 Å². The Bertz CT molecular complexity index is 1020. The molecule has 3 aromatic rings. The largest absolute Gasteiger partial charge is 0.462 e. The second kappa shape index (κ2) is 8.53. The van der Waals surface area contributed by atoms with E-state index in [9.17, 15) is 9.18 Å². The van der Waals surface area contributed by atoms with Crippen molar-refractivity contribution in [2.45, 2.75) is 25.8 Å². The molecule has 2 heterocycles. The molecule has 1 fully saturated rings. The Kier molecular flexibility index (Phi) is 5.67. The summed E-state index contributed by atoms with van der Waals surface area (Å²) < 4.78 is 23.9. The summed E-state index contributed by atoms with van der Waals surface area (Å²) in [5.74, 6) is -0.0877. The lowest BCUT2D eigenvalue weighted by Gasteiger charge is -2.24. The predicted molar refractivity (Wildman–Crippen MR) is 108 cm³/mol. The van der Waals surface area contributed by atoms with Gasteiger partial charge in [-0.05, 0) is 62.2 Å². The third-order valence-corrected chi connectivity index (χ3v) is 4.86. The molecule has 1 aliphatic heterocycles. The van der Waals surface area contributed by atoms with E-state index in [1.165, 1.54) is 12.1 Å². The van der Waals surface area contributed by atoms with Crippen LogP contribution in [0.3, 0.4) is 0 Å². The lowest BCUT2D eigenvalue weighted by Crippen LogP contribution is -2.28. The number of carbonyl (C=O) groups excluding carboxylic acids is 1. The zero-order valence-corrected chi connectivity index (χ0v) is 16.2. The first-order valence-electron chi connectivity index (χ1n) is 9.73. The highest BCUT2D eigenvalue weighted by molar-refractivity contribution is 5.94. The summed E-state index contributed by atoms with van der Waals surface area (Å²) in [4.78, 5) is 21.6. The molecule has 0 radical (unpaired) electrons. The lowest BCUT2D eigenvalue weighted by atomic mass is 10.1. The molecule has 4 rings (SSSR count). The van der Waals surface area contributed by atoms with Crippen LogP contribution in [-0.4, -0.2) is 41.8 Å². The number of aromatic nitrogens is 2. The standard InChI is InChI=1S/C22H22FN3O3/c1-2-29-22(27)15-5-8-18-19(13-15)26-21(24-17-9-11-28-12-10-17)20(25-18)14-3-6-16(23)7-4-14/h3-8,13,17H,2,9-12H2,1H3,(H,24,26). The first-order chi connectivity index (χ1) is 14.1. The molecule has 29 heavy (non-hydrogen) atoms. The number of benzene rings is 2. The monoisotopic (exact) mass is 395 g/mol. The van der Waals surface area contributed by atoms with Crippen LogP contribution in [0.25, 0.3) is 22.3 Å². The fourth-order valence-electron chi connectivity index (χ4n) is 3.34. The number of ether oxygens (including phenoxy) is 2. The molecule has 1 N–H and O–H groups in total. The van der Waals surface area contributed by atoms with Gasteiger partial charge in [0, 0.05) is 24.8 Å². The van der Waals surface area contributed by atoms with Crippen LogP contribution < -0.4 is 5.32 Å². The number of nitrogens with one attached hydrogen (secondary N) is 1. The van der Waals surface area contributed by atoms with Crippen LogP contribution in [0.2, 0.25) is 0 Å². The van der Waals surface area contributed by atoms with E-state index in [1.807, 2.05) is 0 Å². The Morgan fingerprint density at radius 3 is 2.62 bits per heavy atom. The molecule has 0 bridgehead atoms. The molecule has 2 aromatic carbocycles. The van der Waals surface area contributed by atoms with Crippen LogP contribution in [0.5, 0.6) is 0 Å². The van der Waals surface area contributed by atoms with Gasteiger partial charge in [0.1, 0.15) is 11.5 Å². The fraction of sp³-hybridized carbons (Fsp3) is 0.318. The molecular formula is C22H22FN3O3. The molecule has 0 atom stereocenters. The van der Waals surface area contributed by atoms with Gasteiger partial charge in [-0.3, -0.25) is 0 Å². The van der Waals surface area contributed by atoms with Gasteiger partial charge in [0.05, 0.1) is 23.2 Å². The molecule has 150 valence electrons. The Hall–Kier alpha value is -3.06. The van der Waals surface area contributed by atoms with Gasteiger partial charge in [-0.15, -0.1) is 0 Å². The van der Waals surface area contributed by atoms with E-state index in [1.54, 1.807) is 37.3 Å². The lowest BCUT2D eigenvalue weighted by molar-refractivity contribution is 0.0526. The third-order valence-electron chi connectivity index (χ3n) is 4.86. The van der Waals surface area contributed by atoms with Crippen LogP contribution in [-0.2, 0) is 9.47 Å². The average Bonchev–Trinajstić information content (AvgIpc) is 2.74. The Morgan fingerprint density at radius 1 is 1.14 bits per heavy atom. The molecule has 0 spiro atoms. The van der Waals surface area contributed by atoms with Crippen LogP contribution in [0, 0.1) is 5.82 Å². The zero-order valence-electron chi connectivity index (χ0n) is 16.2. The van der Waals surface area contributed by atoms with Crippen molar-refractivity contribution < 1.29 is 18.7 Å². The van der Waals surface area contributed by atoms with Crippen LogP contribution in [0.1, 0.15) is 30.1 Å². The smallest absolute Gasteiger partial charge is 0.338 e. The number of hydrogen-bond acceptors (Lipinski definition) is 6. The van der Waals surface area contributed by atoms with Gasteiger partial charge in [-0.1, -0.05) is 0 Å². The summed E-state index contributed by atoms with van der Waals surface area (Å²) in [5, 5.41) is 3.47. The maximum Gasteiger partial charge on any atom is 0.338 e. The van der Waals surface area contributed by atoms with Crippen LogP contribution >= 0.6 is 0 Å². The van der Waals surface area contributed by atoms with Crippen molar-refractivity contribution in [2.75, 3.05) is 25.1 Å². The number of rotatable bonds is 5. The fourth-order valence-corrected chi connectivity index (χ4v) is 3.34. The SMILES string of the molecule is CCOC(=O)c1ccc2nc(-c3ccc(F)cc3)c(NC3CCOCC3)nc2c1. The van der Waals surface area contributed by atoms with Gasteiger partial charge in [-0.2, -0.15) is 0 Å². The minimum absolute atomic E-state index is 0.211. The Labute approximate surface area is 168 Å². The first-order valence-corrected chi connectivity index (χ1v) is 9.73. The average molecular weight is 395 g/mol. The highest BCUT2D eigenvalue weighted by atomic mass is 19.1. The maximum atomic E-state index is 13.4. The normalized spacial score (nSPS) is 14.7. The van der Waals surface area contributed by atoms with Gasteiger partial charge in [0.25, 0.3) is 0 Å². The van der Waals surface area contributed by atoms with Crippen molar-refractivity contribution in [1.82, 2.24) is 9.97 Å².